The number of phenols is 1. The van der Waals surface area contributed by atoms with Crippen molar-refractivity contribution >= 4 is 5.97 Å². The average Bonchev–Trinajstić information content (AvgIpc) is 2.95. The molecule has 0 spiro atoms. The summed E-state index contributed by atoms with van der Waals surface area (Å²) in [4.78, 5) is 11.5. The molecule has 1 aliphatic rings. The summed E-state index contributed by atoms with van der Waals surface area (Å²) in [6, 6.07) is 7.46. The van der Waals surface area contributed by atoms with Gasteiger partial charge in [0.1, 0.15) is 5.75 Å². The van der Waals surface area contributed by atoms with Crippen molar-refractivity contribution in [1.29, 1.82) is 0 Å². The highest BCUT2D eigenvalue weighted by molar-refractivity contribution is 5.87. The zero-order chi connectivity index (χ0) is 17.8. The maximum Gasteiger partial charge on any atom is 0.356 e. The number of benzene rings is 1. The lowest BCUT2D eigenvalue weighted by atomic mass is 9.91. The summed E-state index contributed by atoms with van der Waals surface area (Å²) in [6.45, 7) is 5.06. The Labute approximate surface area is 146 Å². The summed E-state index contributed by atoms with van der Waals surface area (Å²) >= 11 is 0. The van der Waals surface area contributed by atoms with Crippen LogP contribution in [0.2, 0.25) is 0 Å². The van der Waals surface area contributed by atoms with Gasteiger partial charge in [0.25, 0.3) is 0 Å². The summed E-state index contributed by atoms with van der Waals surface area (Å²) in [7, 11) is 0. The van der Waals surface area contributed by atoms with E-state index in [4.69, 9.17) is 0 Å². The molecule has 1 atom stereocenters. The van der Waals surface area contributed by atoms with E-state index in [2.05, 4.69) is 17.0 Å². The second kappa shape index (κ2) is 7.53. The van der Waals surface area contributed by atoms with E-state index in [1.165, 1.54) is 0 Å². The zero-order valence-corrected chi connectivity index (χ0v) is 14.1. The number of aromatic nitrogens is 2. The molecule has 6 heteroatoms. The predicted octanol–water partition coefficient (Wildman–Crippen LogP) is 2.16. The molecule has 0 aliphatic heterocycles. The van der Waals surface area contributed by atoms with Crippen LogP contribution in [0.4, 0.5) is 0 Å². The van der Waals surface area contributed by atoms with Crippen LogP contribution in [0, 0.1) is 0 Å². The Morgan fingerprint density at radius 1 is 1.40 bits per heavy atom. The third-order valence-corrected chi connectivity index (χ3v) is 4.63. The topological polar surface area (TPSA) is 87.4 Å². The van der Waals surface area contributed by atoms with Crippen LogP contribution >= 0.6 is 0 Å². The van der Waals surface area contributed by atoms with Crippen LogP contribution in [-0.2, 0) is 25.8 Å². The van der Waals surface area contributed by atoms with Crippen LogP contribution in [0.1, 0.15) is 33.7 Å². The standard InChI is InChI=1S/C19H23N3O3/c1-2-11-22-17-8-5-14(12-16(17)18(21-22)19(24)25)20-10-9-13-3-6-15(23)7-4-13/h2-4,6-7,14,20,23H,1,5,8-12H2,(H,24,25)/t14-/m1/s1. The van der Waals surface area contributed by atoms with Crippen molar-refractivity contribution in [2.75, 3.05) is 6.54 Å². The minimum Gasteiger partial charge on any atom is -0.508 e. The van der Waals surface area contributed by atoms with Gasteiger partial charge in [-0.2, -0.15) is 5.10 Å². The monoisotopic (exact) mass is 341 g/mol. The van der Waals surface area contributed by atoms with Gasteiger partial charge in [-0.05, 0) is 49.9 Å². The summed E-state index contributed by atoms with van der Waals surface area (Å²) < 4.78 is 1.76. The lowest BCUT2D eigenvalue weighted by molar-refractivity contribution is 0.0688. The van der Waals surface area contributed by atoms with Crippen molar-refractivity contribution in [1.82, 2.24) is 15.1 Å². The highest BCUT2D eigenvalue weighted by Crippen LogP contribution is 2.25. The van der Waals surface area contributed by atoms with Crippen molar-refractivity contribution in [2.24, 2.45) is 0 Å². The number of carboxylic acids is 1. The number of hydrogen-bond donors (Lipinski definition) is 3. The van der Waals surface area contributed by atoms with E-state index in [9.17, 15) is 15.0 Å². The fourth-order valence-corrected chi connectivity index (χ4v) is 3.39. The first-order chi connectivity index (χ1) is 12.1. The molecule has 0 bridgehead atoms. The molecule has 0 amide bonds. The van der Waals surface area contributed by atoms with Crippen molar-refractivity contribution in [3.05, 3.63) is 59.4 Å². The third-order valence-electron chi connectivity index (χ3n) is 4.63. The number of hydrogen-bond acceptors (Lipinski definition) is 4. The van der Waals surface area contributed by atoms with Gasteiger partial charge in [0.15, 0.2) is 5.69 Å². The van der Waals surface area contributed by atoms with Gasteiger partial charge < -0.3 is 15.5 Å². The SMILES string of the molecule is C=CCn1nc(C(=O)O)c2c1CC[C@@H](NCCc1ccc(O)cc1)C2. The second-order valence-electron chi connectivity index (χ2n) is 6.36. The van der Waals surface area contributed by atoms with Gasteiger partial charge in [-0.25, -0.2) is 4.79 Å². The fraction of sp³-hybridized carbons (Fsp3) is 0.368. The quantitative estimate of drug-likeness (QED) is 0.672. The van der Waals surface area contributed by atoms with E-state index >= 15 is 0 Å². The molecule has 132 valence electrons. The average molecular weight is 341 g/mol. The van der Waals surface area contributed by atoms with Crippen molar-refractivity contribution in [3.63, 3.8) is 0 Å². The minimum atomic E-state index is -0.969. The van der Waals surface area contributed by atoms with Gasteiger partial charge >= 0.3 is 5.97 Å². The van der Waals surface area contributed by atoms with Crippen LogP contribution in [0.5, 0.6) is 5.75 Å². The summed E-state index contributed by atoms with van der Waals surface area (Å²) in [5.41, 5.74) is 3.20. The van der Waals surface area contributed by atoms with E-state index in [1.54, 1.807) is 22.9 Å². The molecule has 0 unspecified atom stereocenters. The number of phenolic OH excluding ortho intramolecular Hbond substituents is 1. The van der Waals surface area contributed by atoms with Gasteiger partial charge in [-0.3, -0.25) is 4.68 Å². The van der Waals surface area contributed by atoms with Crippen molar-refractivity contribution < 1.29 is 15.0 Å². The number of fused-ring (bicyclic) bond motifs is 1. The molecular formula is C19H23N3O3. The van der Waals surface area contributed by atoms with Gasteiger partial charge in [0, 0.05) is 17.3 Å². The zero-order valence-electron chi connectivity index (χ0n) is 14.1. The number of nitrogens with one attached hydrogen (secondary N) is 1. The van der Waals surface area contributed by atoms with Crippen molar-refractivity contribution in [2.45, 2.75) is 38.3 Å². The normalized spacial score (nSPS) is 16.4. The molecule has 3 N–H and O–H groups in total. The van der Waals surface area contributed by atoms with E-state index in [1.807, 2.05) is 12.1 Å². The number of carboxylic acid groups (broad SMARTS) is 1. The van der Waals surface area contributed by atoms with Crippen LogP contribution in [0.3, 0.4) is 0 Å². The second-order valence-corrected chi connectivity index (χ2v) is 6.36. The Kier molecular flexibility index (Phi) is 5.19. The largest absolute Gasteiger partial charge is 0.508 e. The molecule has 1 aromatic carbocycles. The number of aromatic hydroxyl groups is 1. The number of allylic oxidation sites excluding steroid dienone is 1. The Morgan fingerprint density at radius 3 is 2.84 bits per heavy atom. The van der Waals surface area contributed by atoms with E-state index in [0.717, 1.165) is 42.6 Å². The van der Waals surface area contributed by atoms with Gasteiger partial charge in [0.2, 0.25) is 0 Å². The highest BCUT2D eigenvalue weighted by Gasteiger charge is 2.28. The smallest absolute Gasteiger partial charge is 0.356 e. The maximum atomic E-state index is 11.5. The first-order valence-corrected chi connectivity index (χ1v) is 8.52. The molecule has 0 saturated heterocycles. The van der Waals surface area contributed by atoms with Crippen molar-refractivity contribution in [3.8, 4) is 5.75 Å². The molecular weight excluding hydrogens is 318 g/mol. The highest BCUT2D eigenvalue weighted by atomic mass is 16.4. The molecule has 1 heterocycles. The first-order valence-electron chi connectivity index (χ1n) is 8.52. The molecule has 25 heavy (non-hydrogen) atoms. The summed E-state index contributed by atoms with van der Waals surface area (Å²) in [5.74, 6) is -0.696. The van der Waals surface area contributed by atoms with E-state index in [-0.39, 0.29) is 17.5 Å². The summed E-state index contributed by atoms with van der Waals surface area (Å²) in [5, 5.41) is 26.5. The Morgan fingerprint density at radius 2 is 2.16 bits per heavy atom. The molecule has 1 aromatic heterocycles. The number of rotatable bonds is 7. The molecule has 0 saturated carbocycles. The maximum absolute atomic E-state index is 11.5. The number of nitrogens with zero attached hydrogens (tertiary/aromatic N) is 2. The first kappa shape index (κ1) is 17.2. The van der Waals surface area contributed by atoms with E-state index in [0.29, 0.717) is 13.0 Å². The Bertz CT molecular complexity index is 765. The molecule has 0 fully saturated rings. The molecule has 2 aromatic rings. The Balaban J connectivity index is 1.63. The molecule has 0 radical (unpaired) electrons. The van der Waals surface area contributed by atoms with Gasteiger partial charge in [-0.15, -0.1) is 6.58 Å². The molecule has 1 aliphatic carbocycles. The van der Waals surface area contributed by atoms with Crippen LogP contribution in [-0.4, -0.2) is 38.5 Å². The van der Waals surface area contributed by atoms with E-state index < -0.39 is 5.97 Å². The summed E-state index contributed by atoms with van der Waals surface area (Å²) in [6.07, 6.45) is 5.07. The molecule has 3 rings (SSSR count). The molecule has 6 nitrogen and oxygen atoms in total. The van der Waals surface area contributed by atoms with Gasteiger partial charge in [0.05, 0.1) is 6.54 Å². The van der Waals surface area contributed by atoms with Crippen LogP contribution < -0.4 is 5.32 Å². The van der Waals surface area contributed by atoms with Crippen LogP contribution in [0.15, 0.2) is 36.9 Å². The number of carbonyl (C=O) groups is 1. The fourth-order valence-electron chi connectivity index (χ4n) is 3.39. The Hall–Kier alpha value is -2.60. The lowest BCUT2D eigenvalue weighted by Crippen LogP contribution is -2.36. The predicted molar refractivity (Wildman–Crippen MR) is 95.0 cm³/mol. The minimum absolute atomic E-state index is 0.168. The lowest BCUT2D eigenvalue weighted by Gasteiger charge is -2.24. The van der Waals surface area contributed by atoms with Crippen LogP contribution in [0.25, 0.3) is 0 Å². The van der Waals surface area contributed by atoms with Gasteiger partial charge in [-0.1, -0.05) is 18.2 Å². The third kappa shape index (κ3) is 3.91. The number of aromatic carboxylic acids is 1.